The summed E-state index contributed by atoms with van der Waals surface area (Å²) in [5.74, 6) is 0.494. The van der Waals surface area contributed by atoms with Crippen molar-refractivity contribution in [3.05, 3.63) is 64.2 Å². The van der Waals surface area contributed by atoms with Gasteiger partial charge in [-0.05, 0) is 30.3 Å². The SMILES string of the molecule is COCc1nnc(C(=O)Nc2cccc(C(=O)N3CCN(c4ccccn4)CC3)c2)s1. The van der Waals surface area contributed by atoms with E-state index in [1.165, 1.54) is 11.3 Å². The van der Waals surface area contributed by atoms with Crippen molar-refractivity contribution in [3.63, 3.8) is 0 Å². The Labute approximate surface area is 183 Å². The van der Waals surface area contributed by atoms with E-state index < -0.39 is 0 Å². The number of piperazine rings is 1. The maximum atomic E-state index is 13.0. The van der Waals surface area contributed by atoms with Gasteiger partial charge in [-0.2, -0.15) is 0 Å². The van der Waals surface area contributed by atoms with Crippen LogP contribution in [0.1, 0.15) is 25.2 Å². The molecule has 0 unspecified atom stereocenters. The van der Waals surface area contributed by atoms with Crippen molar-refractivity contribution < 1.29 is 14.3 Å². The lowest BCUT2D eigenvalue weighted by atomic mass is 10.1. The van der Waals surface area contributed by atoms with Gasteiger partial charge in [0.25, 0.3) is 11.8 Å². The summed E-state index contributed by atoms with van der Waals surface area (Å²) in [4.78, 5) is 33.8. The van der Waals surface area contributed by atoms with Crippen molar-refractivity contribution in [2.45, 2.75) is 6.61 Å². The largest absolute Gasteiger partial charge is 0.377 e. The van der Waals surface area contributed by atoms with Crippen molar-refractivity contribution in [3.8, 4) is 0 Å². The fraction of sp³-hybridized carbons (Fsp3) is 0.286. The number of ether oxygens (including phenoxy) is 1. The Morgan fingerprint density at radius 2 is 1.94 bits per heavy atom. The molecule has 0 spiro atoms. The Balaban J connectivity index is 1.37. The summed E-state index contributed by atoms with van der Waals surface area (Å²) in [5.41, 5.74) is 1.06. The van der Waals surface area contributed by atoms with Gasteiger partial charge in [-0.1, -0.05) is 23.5 Å². The number of carbonyl (C=O) groups excluding carboxylic acids is 2. The third kappa shape index (κ3) is 5.04. The van der Waals surface area contributed by atoms with E-state index in [4.69, 9.17) is 4.74 Å². The Kier molecular flexibility index (Phi) is 6.48. The van der Waals surface area contributed by atoms with Crippen LogP contribution in [0.15, 0.2) is 48.7 Å². The van der Waals surface area contributed by atoms with Crippen LogP contribution < -0.4 is 10.2 Å². The highest BCUT2D eigenvalue weighted by atomic mass is 32.1. The maximum Gasteiger partial charge on any atom is 0.286 e. The molecule has 2 aromatic heterocycles. The number of amides is 2. The van der Waals surface area contributed by atoms with Crippen molar-refractivity contribution in [2.75, 3.05) is 43.5 Å². The molecule has 0 bridgehead atoms. The first kappa shape index (κ1) is 20.9. The Hall–Kier alpha value is -3.37. The molecule has 1 fully saturated rings. The predicted molar refractivity (Wildman–Crippen MR) is 117 cm³/mol. The average molecular weight is 439 g/mol. The van der Waals surface area contributed by atoms with E-state index in [-0.39, 0.29) is 16.8 Å². The summed E-state index contributed by atoms with van der Waals surface area (Å²) in [6, 6.07) is 12.7. The zero-order valence-corrected chi connectivity index (χ0v) is 17.8. The van der Waals surface area contributed by atoms with Crippen LogP contribution in [-0.4, -0.2) is 65.2 Å². The molecule has 160 valence electrons. The monoisotopic (exact) mass is 438 g/mol. The summed E-state index contributed by atoms with van der Waals surface area (Å²) in [7, 11) is 1.56. The molecule has 0 radical (unpaired) electrons. The van der Waals surface area contributed by atoms with Crippen LogP contribution in [0.3, 0.4) is 0 Å². The van der Waals surface area contributed by atoms with Crippen LogP contribution in [0.25, 0.3) is 0 Å². The topological polar surface area (TPSA) is 101 Å². The highest BCUT2D eigenvalue weighted by molar-refractivity contribution is 7.13. The standard InChI is InChI=1S/C21H22N6O3S/c1-30-14-18-24-25-20(31-18)19(28)23-16-6-4-5-15(13-16)21(29)27-11-9-26(10-12-27)17-7-2-3-8-22-17/h2-8,13H,9-12,14H2,1H3,(H,23,28). The maximum absolute atomic E-state index is 13.0. The number of nitrogens with zero attached hydrogens (tertiary/aromatic N) is 5. The number of hydrogen-bond donors (Lipinski definition) is 1. The molecule has 4 rings (SSSR count). The molecule has 0 saturated carbocycles. The summed E-state index contributed by atoms with van der Waals surface area (Å²) < 4.78 is 5.00. The molecule has 3 aromatic rings. The first-order valence-electron chi connectivity index (χ1n) is 9.82. The molecule has 31 heavy (non-hydrogen) atoms. The first-order chi connectivity index (χ1) is 15.1. The molecule has 1 aliphatic heterocycles. The van der Waals surface area contributed by atoms with Gasteiger partial charge in [0.2, 0.25) is 5.01 Å². The minimum Gasteiger partial charge on any atom is -0.377 e. The second kappa shape index (κ2) is 9.63. The molecule has 0 aliphatic carbocycles. The number of rotatable bonds is 6. The second-order valence-corrected chi connectivity index (χ2v) is 8.00. The predicted octanol–water partition coefficient (Wildman–Crippen LogP) is 2.29. The Morgan fingerprint density at radius 3 is 2.68 bits per heavy atom. The molecular weight excluding hydrogens is 416 g/mol. The van der Waals surface area contributed by atoms with Crippen LogP contribution in [0, 0.1) is 0 Å². The van der Waals surface area contributed by atoms with Crippen molar-refractivity contribution in [2.24, 2.45) is 0 Å². The summed E-state index contributed by atoms with van der Waals surface area (Å²) in [5, 5.41) is 11.5. The molecular formula is C21H22N6O3S. The molecule has 1 aromatic carbocycles. The van der Waals surface area contributed by atoms with E-state index in [1.807, 2.05) is 23.1 Å². The van der Waals surface area contributed by atoms with E-state index >= 15 is 0 Å². The van der Waals surface area contributed by atoms with Crippen LogP contribution in [0.2, 0.25) is 0 Å². The number of aromatic nitrogens is 3. The molecule has 2 amide bonds. The normalized spacial score (nSPS) is 13.8. The number of methoxy groups -OCH3 is 1. The van der Waals surface area contributed by atoms with Gasteiger partial charge in [-0.3, -0.25) is 9.59 Å². The van der Waals surface area contributed by atoms with Crippen molar-refractivity contribution >= 4 is 34.7 Å². The number of hydrogen-bond acceptors (Lipinski definition) is 8. The molecule has 1 N–H and O–H groups in total. The number of pyridine rings is 1. The number of nitrogens with one attached hydrogen (secondary N) is 1. The minimum atomic E-state index is -0.367. The fourth-order valence-electron chi connectivity index (χ4n) is 3.30. The van der Waals surface area contributed by atoms with Gasteiger partial charge in [0, 0.05) is 50.7 Å². The molecule has 1 saturated heterocycles. The zero-order chi connectivity index (χ0) is 21.6. The van der Waals surface area contributed by atoms with E-state index in [1.54, 1.807) is 37.6 Å². The average Bonchev–Trinajstić information content (AvgIpc) is 3.29. The quantitative estimate of drug-likeness (QED) is 0.630. The Morgan fingerprint density at radius 1 is 1.10 bits per heavy atom. The zero-order valence-electron chi connectivity index (χ0n) is 17.0. The minimum absolute atomic E-state index is 0.0601. The number of anilines is 2. The van der Waals surface area contributed by atoms with E-state index in [9.17, 15) is 9.59 Å². The molecule has 10 heteroatoms. The van der Waals surface area contributed by atoms with Crippen LogP contribution in [-0.2, 0) is 11.3 Å². The lowest BCUT2D eigenvalue weighted by Gasteiger charge is -2.35. The first-order valence-corrected chi connectivity index (χ1v) is 10.6. The lowest BCUT2D eigenvalue weighted by Crippen LogP contribution is -2.49. The molecule has 0 atom stereocenters. The fourth-order valence-corrected chi connectivity index (χ4v) is 4.01. The van der Waals surface area contributed by atoms with Crippen LogP contribution >= 0.6 is 11.3 Å². The number of carbonyl (C=O) groups is 2. The van der Waals surface area contributed by atoms with Crippen LogP contribution in [0.4, 0.5) is 11.5 Å². The summed E-state index contributed by atoms with van der Waals surface area (Å²) >= 11 is 1.17. The molecule has 1 aliphatic rings. The van der Waals surface area contributed by atoms with Crippen molar-refractivity contribution in [1.29, 1.82) is 0 Å². The smallest absolute Gasteiger partial charge is 0.286 e. The molecule has 9 nitrogen and oxygen atoms in total. The van der Waals surface area contributed by atoms with Gasteiger partial charge in [-0.15, -0.1) is 10.2 Å². The molecule has 3 heterocycles. The van der Waals surface area contributed by atoms with Gasteiger partial charge >= 0.3 is 0 Å². The van der Waals surface area contributed by atoms with Crippen LogP contribution in [0.5, 0.6) is 0 Å². The highest BCUT2D eigenvalue weighted by Gasteiger charge is 2.23. The van der Waals surface area contributed by atoms with Gasteiger partial charge in [0.1, 0.15) is 10.8 Å². The Bertz CT molecular complexity index is 1050. The third-order valence-electron chi connectivity index (χ3n) is 4.84. The second-order valence-electron chi connectivity index (χ2n) is 6.94. The van der Waals surface area contributed by atoms with E-state index in [0.29, 0.717) is 36.0 Å². The third-order valence-corrected chi connectivity index (χ3v) is 5.73. The highest BCUT2D eigenvalue weighted by Crippen LogP contribution is 2.18. The lowest BCUT2D eigenvalue weighted by molar-refractivity contribution is 0.0746. The van der Waals surface area contributed by atoms with E-state index in [2.05, 4.69) is 25.4 Å². The van der Waals surface area contributed by atoms with Gasteiger partial charge in [0.15, 0.2) is 0 Å². The van der Waals surface area contributed by atoms with Gasteiger partial charge in [0.05, 0.1) is 6.61 Å². The summed E-state index contributed by atoms with van der Waals surface area (Å²) in [6.07, 6.45) is 1.77. The van der Waals surface area contributed by atoms with Gasteiger partial charge in [-0.25, -0.2) is 4.98 Å². The van der Waals surface area contributed by atoms with Crippen molar-refractivity contribution in [1.82, 2.24) is 20.1 Å². The summed E-state index contributed by atoms with van der Waals surface area (Å²) in [6.45, 7) is 2.97. The number of benzene rings is 1. The van der Waals surface area contributed by atoms with E-state index in [0.717, 1.165) is 18.9 Å². The van der Waals surface area contributed by atoms with Gasteiger partial charge < -0.3 is 19.9 Å².